The molecule has 0 aliphatic carbocycles. The molecule has 126 valence electrons. The van der Waals surface area contributed by atoms with Gasteiger partial charge in [0.2, 0.25) is 5.89 Å². The second kappa shape index (κ2) is 6.20. The predicted octanol–water partition coefficient (Wildman–Crippen LogP) is 1.75. The molecule has 0 radical (unpaired) electrons. The van der Waals surface area contributed by atoms with E-state index in [1.54, 1.807) is 6.33 Å². The number of nitrogens with one attached hydrogen (secondary N) is 1. The van der Waals surface area contributed by atoms with Gasteiger partial charge in [0.15, 0.2) is 5.82 Å². The minimum atomic E-state index is 0.403. The number of aromatic nitrogens is 5. The lowest BCUT2D eigenvalue weighted by atomic mass is 10.0. The van der Waals surface area contributed by atoms with Gasteiger partial charge in [-0.1, -0.05) is 5.16 Å². The monoisotopic (exact) mass is 327 g/mol. The number of piperidine rings is 1. The van der Waals surface area contributed by atoms with Gasteiger partial charge < -0.3 is 14.4 Å². The van der Waals surface area contributed by atoms with E-state index in [-0.39, 0.29) is 0 Å². The van der Waals surface area contributed by atoms with Gasteiger partial charge in [-0.25, -0.2) is 9.97 Å². The molecule has 0 bridgehead atoms. The number of aromatic amines is 1. The molecule has 8 heteroatoms. The van der Waals surface area contributed by atoms with Crippen LogP contribution in [-0.4, -0.2) is 56.2 Å². The number of H-pyrrole nitrogens is 1. The molecule has 1 N–H and O–H groups in total. The molecule has 0 spiro atoms. The quantitative estimate of drug-likeness (QED) is 0.781. The number of anilines is 1. The van der Waals surface area contributed by atoms with Crippen molar-refractivity contribution < 1.29 is 4.52 Å². The Kier molecular flexibility index (Phi) is 3.89. The number of fused-ring (bicyclic) bond motifs is 1. The Bertz CT molecular complexity index is 827. The molecular weight excluding hydrogens is 306 g/mol. The second-order valence-corrected chi connectivity index (χ2v) is 6.31. The Morgan fingerprint density at radius 2 is 2.33 bits per heavy atom. The third-order valence-corrected chi connectivity index (χ3v) is 4.63. The summed E-state index contributed by atoms with van der Waals surface area (Å²) >= 11 is 0. The topological polar surface area (TPSA) is 87.0 Å². The third kappa shape index (κ3) is 2.84. The summed E-state index contributed by atoms with van der Waals surface area (Å²) in [4.78, 5) is 20.9. The second-order valence-electron chi connectivity index (χ2n) is 6.31. The van der Waals surface area contributed by atoms with Crippen LogP contribution in [-0.2, 0) is 6.54 Å². The van der Waals surface area contributed by atoms with E-state index in [2.05, 4.69) is 41.9 Å². The van der Waals surface area contributed by atoms with Crippen molar-refractivity contribution in [3.8, 4) is 0 Å². The molecular formula is C16H21N7O. The van der Waals surface area contributed by atoms with Crippen molar-refractivity contribution in [2.45, 2.75) is 32.4 Å². The minimum absolute atomic E-state index is 0.403. The first-order valence-corrected chi connectivity index (χ1v) is 8.23. The zero-order chi connectivity index (χ0) is 16.5. The molecule has 1 aliphatic rings. The van der Waals surface area contributed by atoms with Gasteiger partial charge in [0.05, 0.1) is 11.9 Å². The molecule has 24 heavy (non-hydrogen) atoms. The van der Waals surface area contributed by atoms with Crippen molar-refractivity contribution in [2.24, 2.45) is 0 Å². The molecule has 0 saturated carbocycles. The standard InChI is InChI=1S/C16H21N7O/c1-11-20-14(21-24-11)9-23-7-3-4-12(8-23)22(2)16-13-5-6-17-15(13)18-10-19-16/h5-6,10,12H,3-4,7-9H2,1-2H3,(H,17,18,19)/t12-/m0/s1. The first-order valence-electron chi connectivity index (χ1n) is 8.23. The molecule has 4 heterocycles. The maximum Gasteiger partial charge on any atom is 0.223 e. The van der Waals surface area contributed by atoms with Crippen molar-refractivity contribution >= 4 is 16.9 Å². The molecule has 1 saturated heterocycles. The van der Waals surface area contributed by atoms with E-state index in [4.69, 9.17) is 4.52 Å². The SMILES string of the molecule is Cc1nc(CN2CCC[C@H](N(C)c3ncnc4[nH]ccc34)C2)no1. The Balaban J connectivity index is 1.50. The molecule has 3 aromatic heterocycles. The van der Waals surface area contributed by atoms with Crippen LogP contribution >= 0.6 is 0 Å². The number of nitrogens with zero attached hydrogens (tertiary/aromatic N) is 6. The smallest absolute Gasteiger partial charge is 0.223 e. The minimum Gasteiger partial charge on any atom is -0.355 e. The molecule has 1 fully saturated rings. The normalized spacial score (nSPS) is 19.0. The molecule has 0 amide bonds. The average Bonchev–Trinajstić information content (AvgIpc) is 3.23. The van der Waals surface area contributed by atoms with E-state index in [0.717, 1.165) is 55.2 Å². The molecule has 0 unspecified atom stereocenters. The van der Waals surface area contributed by atoms with Gasteiger partial charge in [-0.3, -0.25) is 4.90 Å². The maximum absolute atomic E-state index is 5.07. The summed E-state index contributed by atoms with van der Waals surface area (Å²) in [6.07, 6.45) is 5.82. The van der Waals surface area contributed by atoms with E-state index < -0.39 is 0 Å². The summed E-state index contributed by atoms with van der Waals surface area (Å²) in [5.41, 5.74) is 0.877. The fourth-order valence-electron chi connectivity index (χ4n) is 3.41. The highest BCUT2D eigenvalue weighted by atomic mass is 16.5. The summed E-state index contributed by atoms with van der Waals surface area (Å²) < 4.78 is 5.07. The number of hydrogen-bond acceptors (Lipinski definition) is 7. The Labute approximate surface area is 139 Å². The van der Waals surface area contributed by atoms with Crippen LogP contribution in [0.4, 0.5) is 5.82 Å². The lowest BCUT2D eigenvalue weighted by molar-refractivity contribution is 0.192. The van der Waals surface area contributed by atoms with Gasteiger partial charge in [-0.2, -0.15) is 4.98 Å². The van der Waals surface area contributed by atoms with E-state index in [1.807, 2.05) is 19.2 Å². The largest absolute Gasteiger partial charge is 0.355 e. The van der Waals surface area contributed by atoms with E-state index in [1.165, 1.54) is 0 Å². The van der Waals surface area contributed by atoms with E-state index in [9.17, 15) is 0 Å². The van der Waals surface area contributed by atoms with Crippen molar-refractivity contribution in [2.75, 3.05) is 25.0 Å². The fraction of sp³-hybridized carbons (Fsp3) is 0.500. The highest BCUT2D eigenvalue weighted by Gasteiger charge is 2.26. The van der Waals surface area contributed by atoms with Gasteiger partial charge >= 0.3 is 0 Å². The number of likely N-dealkylation sites (tertiary alicyclic amines) is 1. The molecule has 8 nitrogen and oxygen atoms in total. The summed E-state index contributed by atoms with van der Waals surface area (Å²) in [7, 11) is 2.11. The van der Waals surface area contributed by atoms with Gasteiger partial charge in [-0.05, 0) is 25.5 Å². The van der Waals surface area contributed by atoms with Gasteiger partial charge in [-0.15, -0.1) is 0 Å². The van der Waals surface area contributed by atoms with Crippen LogP contribution in [0.5, 0.6) is 0 Å². The van der Waals surface area contributed by atoms with Crippen molar-refractivity contribution in [1.82, 2.24) is 30.0 Å². The summed E-state index contributed by atoms with van der Waals surface area (Å²) in [6.45, 7) is 4.56. The number of aryl methyl sites for hydroxylation is 1. The number of hydrogen-bond donors (Lipinski definition) is 1. The van der Waals surface area contributed by atoms with Gasteiger partial charge in [0, 0.05) is 32.8 Å². The Morgan fingerprint density at radius 3 is 3.17 bits per heavy atom. The van der Waals surface area contributed by atoms with Crippen LogP contribution in [0.25, 0.3) is 11.0 Å². The number of likely N-dealkylation sites (N-methyl/N-ethyl adjacent to an activating group) is 1. The molecule has 1 atom stereocenters. The molecule has 3 aromatic rings. The van der Waals surface area contributed by atoms with E-state index in [0.29, 0.717) is 11.9 Å². The van der Waals surface area contributed by atoms with Crippen molar-refractivity contribution in [3.63, 3.8) is 0 Å². The molecule has 4 rings (SSSR count). The van der Waals surface area contributed by atoms with Crippen LogP contribution in [0, 0.1) is 6.92 Å². The van der Waals surface area contributed by atoms with Crippen LogP contribution in [0.2, 0.25) is 0 Å². The fourth-order valence-corrected chi connectivity index (χ4v) is 3.41. The summed E-state index contributed by atoms with van der Waals surface area (Å²) in [6, 6.07) is 2.43. The third-order valence-electron chi connectivity index (χ3n) is 4.63. The van der Waals surface area contributed by atoms with Crippen LogP contribution in [0.1, 0.15) is 24.6 Å². The van der Waals surface area contributed by atoms with Crippen LogP contribution in [0.15, 0.2) is 23.1 Å². The predicted molar refractivity (Wildman–Crippen MR) is 89.6 cm³/mol. The Morgan fingerprint density at radius 1 is 1.42 bits per heavy atom. The van der Waals surface area contributed by atoms with Gasteiger partial charge in [0.1, 0.15) is 17.8 Å². The summed E-state index contributed by atoms with van der Waals surface area (Å²) in [5.74, 6) is 2.35. The van der Waals surface area contributed by atoms with Crippen LogP contribution in [0.3, 0.4) is 0 Å². The van der Waals surface area contributed by atoms with Crippen LogP contribution < -0.4 is 4.90 Å². The highest BCUT2D eigenvalue weighted by molar-refractivity contribution is 5.87. The van der Waals surface area contributed by atoms with Crippen molar-refractivity contribution in [1.29, 1.82) is 0 Å². The highest BCUT2D eigenvalue weighted by Crippen LogP contribution is 2.26. The molecule has 0 aromatic carbocycles. The first-order chi connectivity index (χ1) is 11.7. The summed E-state index contributed by atoms with van der Waals surface area (Å²) in [5, 5.41) is 5.07. The Hall–Kier alpha value is -2.48. The zero-order valence-electron chi connectivity index (χ0n) is 13.9. The van der Waals surface area contributed by atoms with E-state index >= 15 is 0 Å². The maximum atomic E-state index is 5.07. The molecule has 1 aliphatic heterocycles. The first kappa shape index (κ1) is 15.1. The zero-order valence-corrected chi connectivity index (χ0v) is 13.9. The average molecular weight is 327 g/mol. The number of rotatable bonds is 4. The lowest BCUT2D eigenvalue weighted by Gasteiger charge is -2.37. The van der Waals surface area contributed by atoms with Crippen molar-refractivity contribution in [3.05, 3.63) is 30.3 Å². The lowest BCUT2D eigenvalue weighted by Crippen LogP contribution is -2.46. The van der Waals surface area contributed by atoms with Gasteiger partial charge in [0.25, 0.3) is 0 Å².